The molecule has 2 N–H and O–H groups in total. The number of nitrogens with zero attached hydrogens (tertiary/aromatic N) is 1. The highest BCUT2D eigenvalue weighted by atomic mass is 19.1. The van der Waals surface area contributed by atoms with Gasteiger partial charge in [-0.25, -0.2) is 9.37 Å². The number of halogens is 1. The van der Waals surface area contributed by atoms with Gasteiger partial charge in [-0.15, -0.1) is 0 Å². The van der Waals surface area contributed by atoms with E-state index in [9.17, 15) is 9.18 Å². The quantitative estimate of drug-likeness (QED) is 0.863. The van der Waals surface area contributed by atoms with Gasteiger partial charge in [0.25, 0.3) is 5.91 Å². The maximum atomic E-state index is 13.2. The SMILES string of the molecule is O=C(c1cccc(F)c1)N1CC[NH+](Cc2cccc[nH+]2)CC1. The van der Waals surface area contributed by atoms with Crippen LogP contribution in [0, 0.1) is 5.82 Å². The van der Waals surface area contributed by atoms with E-state index in [1.165, 1.54) is 22.7 Å². The Balaban J connectivity index is 1.56. The lowest BCUT2D eigenvalue weighted by Gasteiger charge is -2.31. The Kier molecular flexibility index (Phi) is 4.44. The number of carbonyl (C=O) groups excluding carboxylic acids is 1. The molecule has 1 aromatic carbocycles. The summed E-state index contributed by atoms with van der Waals surface area (Å²) >= 11 is 0. The zero-order valence-electron chi connectivity index (χ0n) is 12.4. The molecule has 0 saturated carbocycles. The highest BCUT2D eigenvalue weighted by Gasteiger charge is 2.25. The molecule has 1 aliphatic rings. The van der Waals surface area contributed by atoms with Crippen molar-refractivity contribution in [1.82, 2.24) is 4.90 Å². The fourth-order valence-electron chi connectivity index (χ4n) is 2.82. The van der Waals surface area contributed by atoms with Gasteiger partial charge in [-0.3, -0.25) is 4.79 Å². The van der Waals surface area contributed by atoms with Crippen LogP contribution < -0.4 is 9.88 Å². The van der Waals surface area contributed by atoms with Crippen molar-refractivity contribution < 1.29 is 19.1 Å². The smallest absolute Gasteiger partial charge is 0.254 e. The number of quaternary nitrogens is 1. The minimum Gasteiger partial charge on any atom is -0.327 e. The maximum absolute atomic E-state index is 13.2. The molecule has 4 nitrogen and oxygen atoms in total. The van der Waals surface area contributed by atoms with E-state index in [2.05, 4.69) is 11.1 Å². The van der Waals surface area contributed by atoms with Crippen LogP contribution in [0.4, 0.5) is 4.39 Å². The molecule has 0 atom stereocenters. The summed E-state index contributed by atoms with van der Waals surface area (Å²) in [5, 5.41) is 0. The third-order valence-corrected chi connectivity index (χ3v) is 4.04. The maximum Gasteiger partial charge on any atom is 0.254 e. The Bertz CT molecular complexity index is 639. The number of hydrogen-bond acceptors (Lipinski definition) is 1. The van der Waals surface area contributed by atoms with Crippen molar-refractivity contribution >= 4 is 5.91 Å². The first-order chi connectivity index (χ1) is 10.7. The number of aromatic nitrogens is 1. The normalized spacial score (nSPS) is 15.8. The van der Waals surface area contributed by atoms with Crippen molar-refractivity contribution in [3.05, 3.63) is 65.7 Å². The molecule has 0 aliphatic carbocycles. The first-order valence-corrected chi connectivity index (χ1v) is 7.56. The average Bonchev–Trinajstić information content (AvgIpc) is 2.56. The summed E-state index contributed by atoms with van der Waals surface area (Å²) in [6.07, 6.45) is 1.93. The van der Waals surface area contributed by atoms with Gasteiger partial charge in [-0.2, -0.15) is 0 Å². The van der Waals surface area contributed by atoms with Gasteiger partial charge >= 0.3 is 0 Å². The molecule has 0 spiro atoms. The number of amides is 1. The van der Waals surface area contributed by atoms with Gasteiger partial charge < -0.3 is 9.80 Å². The number of pyridine rings is 1. The summed E-state index contributed by atoms with van der Waals surface area (Å²) in [7, 11) is 0. The number of rotatable bonds is 3. The lowest BCUT2D eigenvalue weighted by Crippen LogP contribution is -3.13. The molecule has 1 aromatic heterocycles. The predicted octanol–water partition coefficient (Wildman–Crippen LogP) is 0.181. The highest BCUT2D eigenvalue weighted by molar-refractivity contribution is 5.94. The Labute approximate surface area is 129 Å². The monoisotopic (exact) mass is 301 g/mol. The summed E-state index contributed by atoms with van der Waals surface area (Å²) in [5.41, 5.74) is 1.63. The number of H-pyrrole nitrogens is 1. The predicted molar refractivity (Wildman–Crippen MR) is 79.7 cm³/mol. The largest absolute Gasteiger partial charge is 0.327 e. The van der Waals surface area contributed by atoms with Crippen molar-refractivity contribution in [3.63, 3.8) is 0 Å². The fraction of sp³-hybridized carbons (Fsp3) is 0.294. The number of hydrogen-bond donors (Lipinski definition) is 1. The minimum atomic E-state index is -0.366. The van der Waals surface area contributed by atoms with Crippen LogP contribution >= 0.6 is 0 Å². The van der Waals surface area contributed by atoms with Crippen molar-refractivity contribution in [1.29, 1.82) is 0 Å². The number of carbonyl (C=O) groups is 1. The molecule has 2 heterocycles. The van der Waals surface area contributed by atoms with Crippen molar-refractivity contribution in [2.24, 2.45) is 0 Å². The summed E-state index contributed by atoms with van der Waals surface area (Å²) < 4.78 is 13.2. The Morgan fingerprint density at radius 2 is 2.00 bits per heavy atom. The molecule has 1 fully saturated rings. The Morgan fingerprint density at radius 1 is 1.18 bits per heavy atom. The molecular formula is C17H20FN3O+2. The van der Waals surface area contributed by atoms with Crippen molar-refractivity contribution in [3.8, 4) is 0 Å². The van der Waals surface area contributed by atoms with E-state index in [1.54, 1.807) is 12.1 Å². The second-order valence-electron chi connectivity index (χ2n) is 5.62. The van der Waals surface area contributed by atoms with E-state index in [0.717, 1.165) is 19.6 Å². The standard InChI is InChI=1S/C17H18FN3O/c18-15-5-3-4-14(12-15)17(22)21-10-8-20(9-11-21)13-16-6-1-2-7-19-16/h1-7,12H,8-11,13H2/p+2. The van der Waals surface area contributed by atoms with Gasteiger partial charge in [-0.05, 0) is 24.3 Å². The summed E-state index contributed by atoms with van der Waals surface area (Å²) in [6, 6.07) is 12.0. The number of benzene rings is 1. The van der Waals surface area contributed by atoms with Crippen LogP contribution in [0.2, 0.25) is 0 Å². The van der Waals surface area contributed by atoms with Crippen molar-refractivity contribution in [2.75, 3.05) is 26.2 Å². The number of piperazine rings is 1. The molecule has 0 radical (unpaired) electrons. The molecule has 0 unspecified atom stereocenters. The molecule has 5 heteroatoms. The van der Waals surface area contributed by atoms with Gasteiger partial charge in [-0.1, -0.05) is 6.07 Å². The third kappa shape index (κ3) is 3.49. The zero-order chi connectivity index (χ0) is 15.4. The zero-order valence-corrected chi connectivity index (χ0v) is 12.4. The molecule has 0 bridgehead atoms. The van der Waals surface area contributed by atoms with Crippen LogP contribution in [0.1, 0.15) is 16.1 Å². The Morgan fingerprint density at radius 3 is 2.68 bits per heavy atom. The summed E-state index contributed by atoms with van der Waals surface area (Å²) in [4.78, 5) is 18.9. The Hall–Kier alpha value is -2.27. The average molecular weight is 301 g/mol. The third-order valence-electron chi connectivity index (χ3n) is 4.04. The van der Waals surface area contributed by atoms with E-state index < -0.39 is 0 Å². The molecule has 3 rings (SSSR count). The van der Waals surface area contributed by atoms with Gasteiger partial charge in [0.05, 0.1) is 26.2 Å². The van der Waals surface area contributed by atoms with Crippen LogP contribution in [0.3, 0.4) is 0 Å². The molecular weight excluding hydrogens is 281 g/mol. The van der Waals surface area contributed by atoms with E-state index in [0.29, 0.717) is 18.7 Å². The molecule has 2 aromatic rings. The van der Waals surface area contributed by atoms with E-state index in [4.69, 9.17) is 0 Å². The molecule has 22 heavy (non-hydrogen) atoms. The molecule has 1 amide bonds. The van der Waals surface area contributed by atoms with Gasteiger partial charge in [0.2, 0.25) is 5.69 Å². The molecule has 1 aliphatic heterocycles. The first kappa shape index (κ1) is 14.7. The van der Waals surface area contributed by atoms with Gasteiger partial charge in [0.15, 0.2) is 12.7 Å². The highest BCUT2D eigenvalue weighted by Crippen LogP contribution is 2.07. The minimum absolute atomic E-state index is 0.0789. The first-order valence-electron chi connectivity index (χ1n) is 7.56. The lowest BCUT2D eigenvalue weighted by atomic mass is 10.1. The van der Waals surface area contributed by atoms with Crippen molar-refractivity contribution in [2.45, 2.75) is 6.54 Å². The second kappa shape index (κ2) is 6.66. The number of aromatic amines is 1. The fourth-order valence-corrected chi connectivity index (χ4v) is 2.82. The number of nitrogens with one attached hydrogen (secondary N) is 2. The van der Waals surface area contributed by atoms with Crippen LogP contribution in [-0.2, 0) is 6.54 Å². The lowest BCUT2D eigenvalue weighted by molar-refractivity contribution is -0.921. The second-order valence-corrected chi connectivity index (χ2v) is 5.62. The van der Waals surface area contributed by atoms with E-state index >= 15 is 0 Å². The van der Waals surface area contributed by atoms with E-state index in [1.807, 2.05) is 23.2 Å². The van der Waals surface area contributed by atoms with E-state index in [-0.39, 0.29) is 11.7 Å². The molecule has 1 saturated heterocycles. The summed E-state index contributed by atoms with van der Waals surface area (Å²) in [6.45, 7) is 4.16. The van der Waals surface area contributed by atoms with Crippen LogP contribution in [0.5, 0.6) is 0 Å². The van der Waals surface area contributed by atoms with Crippen LogP contribution in [0.15, 0.2) is 48.7 Å². The van der Waals surface area contributed by atoms with Crippen LogP contribution in [0.25, 0.3) is 0 Å². The summed E-state index contributed by atoms with van der Waals surface area (Å²) in [5.74, 6) is -0.445. The van der Waals surface area contributed by atoms with Gasteiger partial charge in [0, 0.05) is 17.7 Å². The molecule has 114 valence electrons. The topological polar surface area (TPSA) is 38.9 Å². The van der Waals surface area contributed by atoms with Gasteiger partial charge in [0.1, 0.15) is 5.82 Å². The van der Waals surface area contributed by atoms with Crippen LogP contribution in [-0.4, -0.2) is 37.0 Å².